The number of nitro groups is 1. The van der Waals surface area contributed by atoms with E-state index in [0.717, 1.165) is 11.1 Å². The Balaban J connectivity index is 1.77. The highest BCUT2D eigenvalue weighted by molar-refractivity contribution is 5.95. The van der Waals surface area contributed by atoms with E-state index in [9.17, 15) is 14.9 Å². The second kappa shape index (κ2) is 7.09. The first-order valence-electron chi connectivity index (χ1n) is 7.86. The standard InChI is InChI=1S/C17H16N6O3/c1-11-7-9-13(10-8-11)16-19-21-22(20-16)12(2)17(24)18-14-5-3-4-6-15(14)23(25)26/h3-10,12H,1-2H3,(H,18,24). The predicted octanol–water partition coefficient (Wildman–Crippen LogP) is 2.76. The maximum absolute atomic E-state index is 12.4. The summed E-state index contributed by atoms with van der Waals surface area (Å²) in [5, 5.41) is 25.7. The van der Waals surface area contributed by atoms with E-state index in [1.54, 1.807) is 13.0 Å². The first-order chi connectivity index (χ1) is 12.5. The van der Waals surface area contributed by atoms with Gasteiger partial charge in [0.05, 0.1) is 4.92 Å². The van der Waals surface area contributed by atoms with Crippen LogP contribution in [0.4, 0.5) is 11.4 Å². The Morgan fingerprint density at radius 2 is 1.88 bits per heavy atom. The molecule has 0 spiro atoms. The molecule has 1 heterocycles. The molecule has 0 aliphatic carbocycles. The van der Waals surface area contributed by atoms with Crippen LogP contribution in [0.5, 0.6) is 0 Å². The Kier molecular flexibility index (Phi) is 4.70. The van der Waals surface area contributed by atoms with E-state index < -0.39 is 16.9 Å². The van der Waals surface area contributed by atoms with Crippen molar-refractivity contribution in [3.8, 4) is 11.4 Å². The number of nitrogens with one attached hydrogen (secondary N) is 1. The van der Waals surface area contributed by atoms with Crippen molar-refractivity contribution in [3.63, 3.8) is 0 Å². The Hall–Kier alpha value is -3.62. The van der Waals surface area contributed by atoms with Gasteiger partial charge in [0.25, 0.3) is 11.6 Å². The Labute approximate surface area is 148 Å². The minimum atomic E-state index is -0.790. The van der Waals surface area contributed by atoms with Gasteiger partial charge in [0.1, 0.15) is 11.7 Å². The molecule has 9 nitrogen and oxygen atoms in total. The molecular formula is C17H16N6O3. The van der Waals surface area contributed by atoms with Gasteiger partial charge in [-0.15, -0.1) is 10.2 Å². The summed E-state index contributed by atoms with van der Waals surface area (Å²) in [6.45, 7) is 3.56. The number of nitrogens with zero attached hydrogens (tertiary/aromatic N) is 5. The monoisotopic (exact) mass is 352 g/mol. The summed E-state index contributed by atoms with van der Waals surface area (Å²) in [7, 11) is 0. The molecule has 0 aliphatic heterocycles. The third-order valence-corrected chi connectivity index (χ3v) is 3.82. The summed E-state index contributed by atoms with van der Waals surface area (Å²) in [5.74, 6) is -0.0810. The molecule has 9 heteroatoms. The molecule has 0 radical (unpaired) electrons. The minimum Gasteiger partial charge on any atom is -0.318 e. The number of anilines is 1. The highest BCUT2D eigenvalue weighted by atomic mass is 16.6. The average Bonchev–Trinajstić information content (AvgIpc) is 3.12. The maximum atomic E-state index is 12.4. The lowest BCUT2D eigenvalue weighted by atomic mass is 10.1. The molecule has 1 N–H and O–H groups in total. The molecule has 2 aromatic carbocycles. The van der Waals surface area contributed by atoms with E-state index in [4.69, 9.17) is 0 Å². The Morgan fingerprint density at radius 3 is 2.58 bits per heavy atom. The number of para-hydroxylation sites is 2. The van der Waals surface area contributed by atoms with Crippen LogP contribution in [0.25, 0.3) is 11.4 Å². The van der Waals surface area contributed by atoms with E-state index >= 15 is 0 Å². The van der Waals surface area contributed by atoms with Crippen LogP contribution in [0.3, 0.4) is 0 Å². The number of hydrogen-bond donors (Lipinski definition) is 1. The number of carbonyl (C=O) groups is 1. The molecule has 1 atom stereocenters. The summed E-state index contributed by atoms with van der Waals surface area (Å²) >= 11 is 0. The largest absolute Gasteiger partial charge is 0.318 e. The van der Waals surface area contributed by atoms with E-state index in [-0.39, 0.29) is 11.4 Å². The topological polar surface area (TPSA) is 116 Å². The average molecular weight is 352 g/mol. The fraction of sp³-hybridized carbons (Fsp3) is 0.176. The van der Waals surface area contributed by atoms with Crippen molar-refractivity contribution in [1.82, 2.24) is 20.2 Å². The zero-order valence-electron chi connectivity index (χ0n) is 14.2. The third-order valence-electron chi connectivity index (χ3n) is 3.82. The molecule has 3 rings (SSSR count). The van der Waals surface area contributed by atoms with Crippen molar-refractivity contribution in [1.29, 1.82) is 0 Å². The van der Waals surface area contributed by atoms with Gasteiger partial charge in [0.2, 0.25) is 5.82 Å². The molecular weight excluding hydrogens is 336 g/mol. The van der Waals surface area contributed by atoms with Crippen molar-refractivity contribution in [3.05, 3.63) is 64.2 Å². The third kappa shape index (κ3) is 3.56. The SMILES string of the molecule is Cc1ccc(-c2nnn(C(C)C(=O)Nc3ccccc3[N+](=O)[O-])n2)cc1. The number of aromatic nitrogens is 4. The second-order valence-electron chi connectivity index (χ2n) is 5.74. The van der Waals surface area contributed by atoms with Gasteiger partial charge in [0.15, 0.2) is 0 Å². The van der Waals surface area contributed by atoms with E-state index in [2.05, 4.69) is 20.7 Å². The van der Waals surface area contributed by atoms with Crippen LogP contribution in [0.15, 0.2) is 48.5 Å². The molecule has 0 aliphatic rings. The number of amides is 1. The first kappa shape index (κ1) is 17.2. The lowest BCUT2D eigenvalue weighted by Crippen LogP contribution is -2.25. The number of tetrazole rings is 1. The lowest BCUT2D eigenvalue weighted by molar-refractivity contribution is -0.383. The molecule has 3 aromatic rings. The number of aryl methyl sites for hydroxylation is 1. The van der Waals surface area contributed by atoms with Crippen molar-refractivity contribution < 1.29 is 9.72 Å². The molecule has 1 aromatic heterocycles. The number of rotatable bonds is 5. The molecule has 0 fully saturated rings. The van der Waals surface area contributed by atoms with Gasteiger partial charge in [-0.1, -0.05) is 42.0 Å². The van der Waals surface area contributed by atoms with Gasteiger partial charge >= 0.3 is 0 Å². The van der Waals surface area contributed by atoms with Crippen LogP contribution >= 0.6 is 0 Å². The van der Waals surface area contributed by atoms with Gasteiger partial charge in [-0.25, -0.2) is 0 Å². The molecule has 1 amide bonds. The van der Waals surface area contributed by atoms with Crippen LogP contribution < -0.4 is 5.32 Å². The molecule has 0 saturated carbocycles. The number of nitro benzene ring substituents is 1. The fourth-order valence-electron chi connectivity index (χ4n) is 2.29. The van der Waals surface area contributed by atoms with Crippen molar-refractivity contribution in [2.45, 2.75) is 19.9 Å². The van der Waals surface area contributed by atoms with Gasteiger partial charge in [0, 0.05) is 11.6 Å². The minimum absolute atomic E-state index is 0.119. The normalized spacial score (nSPS) is 11.8. The highest BCUT2D eigenvalue weighted by Gasteiger charge is 2.22. The summed E-state index contributed by atoms with van der Waals surface area (Å²) in [4.78, 5) is 24.1. The Morgan fingerprint density at radius 1 is 1.19 bits per heavy atom. The summed E-state index contributed by atoms with van der Waals surface area (Å²) < 4.78 is 0. The summed E-state index contributed by atoms with van der Waals surface area (Å²) in [6.07, 6.45) is 0. The van der Waals surface area contributed by atoms with Crippen LogP contribution in [0, 0.1) is 17.0 Å². The number of hydrogen-bond acceptors (Lipinski definition) is 6. The van der Waals surface area contributed by atoms with Gasteiger partial charge in [-0.3, -0.25) is 14.9 Å². The predicted molar refractivity (Wildman–Crippen MR) is 94.4 cm³/mol. The van der Waals surface area contributed by atoms with Crippen LogP contribution in [-0.2, 0) is 4.79 Å². The smallest absolute Gasteiger partial charge is 0.292 e. The van der Waals surface area contributed by atoms with E-state index in [1.807, 2.05) is 31.2 Å². The van der Waals surface area contributed by atoms with E-state index in [0.29, 0.717) is 5.82 Å². The highest BCUT2D eigenvalue weighted by Crippen LogP contribution is 2.24. The lowest BCUT2D eigenvalue weighted by Gasteiger charge is -2.10. The molecule has 0 bridgehead atoms. The molecule has 1 unspecified atom stereocenters. The fourth-order valence-corrected chi connectivity index (χ4v) is 2.29. The maximum Gasteiger partial charge on any atom is 0.292 e. The first-order valence-corrected chi connectivity index (χ1v) is 7.86. The van der Waals surface area contributed by atoms with Gasteiger partial charge < -0.3 is 5.32 Å². The van der Waals surface area contributed by atoms with Crippen molar-refractivity contribution >= 4 is 17.3 Å². The van der Waals surface area contributed by atoms with Gasteiger partial charge in [-0.05, 0) is 25.1 Å². The summed E-state index contributed by atoms with van der Waals surface area (Å²) in [5.41, 5.74) is 1.83. The molecule has 132 valence electrons. The number of carbonyl (C=O) groups excluding carboxylic acids is 1. The van der Waals surface area contributed by atoms with Gasteiger partial charge in [-0.2, -0.15) is 4.80 Å². The quantitative estimate of drug-likeness (QED) is 0.557. The Bertz CT molecular complexity index is 951. The summed E-state index contributed by atoms with van der Waals surface area (Å²) in [6, 6.07) is 12.7. The van der Waals surface area contributed by atoms with Crippen molar-refractivity contribution in [2.24, 2.45) is 0 Å². The molecule has 0 saturated heterocycles. The zero-order valence-corrected chi connectivity index (χ0v) is 14.2. The number of benzene rings is 2. The van der Waals surface area contributed by atoms with E-state index in [1.165, 1.54) is 23.0 Å². The van der Waals surface area contributed by atoms with Crippen molar-refractivity contribution in [2.75, 3.05) is 5.32 Å². The van der Waals surface area contributed by atoms with Crippen LogP contribution in [0.1, 0.15) is 18.5 Å². The zero-order chi connectivity index (χ0) is 18.7. The van der Waals surface area contributed by atoms with Crippen LogP contribution in [0.2, 0.25) is 0 Å². The molecule has 26 heavy (non-hydrogen) atoms. The second-order valence-corrected chi connectivity index (χ2v) is 5.74. The van der Waals surface area contributed by atoms with Crippen LogP contribution in [-0.4, -0.2) is 31.0 Å².